The predicted octanol–water partition coefficient (Wildman–Crippen LogP) is 4.14. The van der Waals surface area contributed by atoms with E-state index >= 15 is 0 Å². The maximum atomic E-state index is 13.8. The van der Waals surface area contributed by atoms with E-state index in [2.05, 4.69) is 10.3 Å². The number of nitrogens with one attached hydrogen (secondary N) is 1. The minimum Gasteiger partial charge on any atom is -0.497 e. The van der Waals surface area contributed by atoms with E-state index in [1.165, 1.54) is 12.5 Å². The number of rotatable bonds is 9. The molecule has 3 heterocycles. The average Bonchev–Trinajstić information content (AvgIpc) is 3.72. The average molecular weight is 562 g/mol. The zero-order valence-corrected chi connectivity index (χ0v) is 22.6. The number of nitrogens with zero attached hydrogens (tertiary/aromatic N) is 3. The Balaban J connectivity index is 1.32. The Hall–Kier alpha value is -5.64. The van der Waals surface area contributed by atoms with Crippen molar-refractivity contribution in [1.29, 1.82) is 0 Å². The fourth-order valence-electron chi connectivity index (χ4n) is 5.04. The molecule has 2 amide bonds. The highest BCUT2D eigenvalue weighted by atomic mass is 16.7. The minimum absolute atomic E-state index is 0.170. The highest BCUT2D eigenvalue weighted by Gasteiger charge is 2.51. The summed E-state index contributed by atoms with van der Waals surface area (Å²) in [5, 5.41) is 9.82. The number of primary amides is 1. The number of hydrogen-bond acceptors (Lipinski definition) is 7. The van der Waals surface area contributed by atoms with Gasteiger partial charge in [-0.1, -0.05) is 54.6 Å². The third-order valence-corrected chi connectivity index (χ3v) is 7.15. The van der Waals surface area contributed by atoms with Gasteiger partial charge in [0.25, 0.3) is 5.91 Å². The van der Waals surface area contributed by atoms with Crippen molar-refractivity contribution in [2.75, 3.05) is 7.11 Å². The van der Waals surface area contributed by atoms with Gasteiger partial charge in [-0.2, -0.15) is 5.10 Å². The molecule has 1 aliphatic heterocycles. The summed E-state index contributed by atoms with van der Waals surface area (Å²) in [4.78, 5) is 30.9. The summed E-state index contributed by atoms with van der Waals surface area (Å²) in [5.74, 6) is -2.36. The van der Waals surface area contributed by atoms with Gasteiger partial charge in [-0.3, -0.25) is 9.59 Å². The molecule has 10 heteroatoms. The first-order valence-corrected chi connectivity index (χ1v) is 13.2. The van der Waals surface area contributed by atoms with Gasteiger partial charge in [-0.05, 0) is 46.7 Å². The SMILES string of the molecule is COc1ccc(CC(NC(=O)c2cccnc2-n2ccc(-c3cccc4ccccc34)n2)C2(C(N)=O)OC=CO2)cc1. The van der Waals surface area contributed by atoms with E-state index in [0.29, 0.717) is 11.6 Å². The highest BCUT2D eigenvalue weighted by Crippen LogP contribution is 2.30. The Bertz CT molecular complexity index is 1780. The van der Waals surface area contributed by atoms with Gasteiger partial charge < -0.3 is 25.3 Å². The van der Waals surface area contributed by atoms with E-state index in [9.17, 15) is 9.59 Å². The predicted molar refractivity (Wildman–Crippen MR) is 155 cm³/mol. The van der Waals surface area contributed by atoms with Gasteiger partial charge in [0.2, 0.25) is 0 Å². The summed E-state index contributed by atoms with van der Waals surface area (Å²) in [6.07, 6.45) is 5.96. The molecule has 6 rings (SSSR count). The third kappa shape index (κ3) is 4.90. The van der Waals surface area contributed by atoms with Crippen molar-refractivity contribution in [2.45, 2.75) is 18.2 Å². The van der Waals surface area contributed by atoms with E-state index in [1.807, 2.05) is 60.7 Å². The fraction of sp³-hybridized carbons (Fsp3) is 0.125. The topological polar surface area (TPSA) is 131 Å². The van der Waals surface area contributed by atoms with Gasteiger partial charge in [0.15, 0.2) is 5.82 Å². The second-order valence-electron chi connectivity index (χ2n) is 9.66. The summed E-state index contributed by atoms with van der Waals surface area (Å²) < 4.78 is 17.9. The molecule has 1 atom stereocenters. The Labute approximate surface area is 241 Å². The van der Waals surface area contributed by atoms with Crippen molar-refractivity contribution >= 4 is 22.6 Å². The van der Waals surface area contributed by atoms with Crippen molar-refractivity contribution in [3.05, 3.63) is 121 Å². The maximum absolute atomic E-state index is 13.8. The molecule has 3 N–H and O–H groups in total. The number of fused-ring (bicyclic) bond motifs is 1. The Morgan fingerprint density at radius 1 is 0.976 bits per heavy atom. The third-order valence-electron chi connectivity index (χ3n) is 7.15. The van der Waals surface area contributed by atoms with Gasteiger partial charge in [0.1, 0.15) is 24.3 Å². The summed E-state index contributed by atoms with van der Waals surface area (Å²) in [5.41, 5.74) is 8.45. The van der Waals surface area contributed by atoms with Crippen LogP contribution in [-0.4, -0.2) is 45.5 Å². The van der Waals surface area contributed by atoms with Crippen LogP contribution in [0.4, 0.5) is 0 Å². The van der Waals surface area contributed by atoms with Crippen LogP contribution in [0.3, 0.4) is 0 Å². The largest absolute Gasteiger partial charge is 0.497 e. The van der Waals surface area contributed by atoms with Gasteiger partial charge in [-0.25, -0.2) is 9.67 Å². The fourth-order valence-corrected chi connectivity index (χ4v) is 5.04. The number of aromatic nitrogens is 3. The highest BCUT2D eigenvalue weighted by molar-refractivity contribution is 5.98. The first kappa shape index (κ1) is 26.6. The Kier molecular flexibility index (Phi) is 7.02. The number of nitrogens with two attached hydrogens (primary N) is 1. The number of carbonyl (C=O) groups is 2. The Morgan fingerprint density at radius 2 is 1.74 bits per heavy atom. The van der Waals surface area contributed by atoms with E-state index in [1.54, 1.807) is 48.5 Å². The molecule has 5 aromatic rings. The van der Waals surface area contributed by atoms with Gasteiger partial charge in [0, 0.05) is 24.4 Å². The molecule has 10 nitrogen and oxygen atoms in total. The van der Waals surface area contributed by atoms with Gasteiger partial charge in [0.05, 0.1) is 18.4 Å². The molecule has 3 aromatic carbocycles. The van der Waals surface area contributed by atoms with E-state index in [0.717, 1.165) is 27.6 Å². The molecule has 0 fully saturated rings. The molecule has 0 radical (unpaired) electrons. The van der Waals surface area contributed by atoms with E-state index < -0.39 is 23.6 Å². The van der Waals surface area contributed by atoms with Crippen LogP contribution in [-0.2, 0) is 20.7 Å². The smallest absolute Gasteiger partial charge is 0.352 e. The maximum Gasteiger partial charge on any atom is 0.352 e. The van der Waals surface area contributed by atoms with Crippen LogP contribution in [0.5, 0.6) is 5.75 Å². The van der Waals surface area contributed by atoms with Crippen LogP contribution in [0.1, 0.15) is 15.9 Å². The Morgan fingerprint density at radius 3 is 2.50 bits per heavy atom. The molecule has 2 aromatic heterocycles. The minimum atomic E-state index is -1.94. The number of pyridine rings is 1. The first-order valence-electron chi connectivity index (χ1n) is 13.2. The normalized spacial score (nSPS) is 14.1. The van der Waals surface area contributed by atoms with Crippen molar-refractivity contribution in [3.8, 4) is 22.8 Å². The molecule has 42 heavy (non-hydrogen) atoms. The molecule has 0 spiro atoms. The van der Waals surface area contributed by atoms with Crippen molar-refractivity contribution in [2.24, 2.45) is 5.73 Å². The van der Waals surface area contributed by atoms with Crippen LogP contribution in [0.15, 0.2) is 110 Å². The molecule has 0 aliphatic carbocycles. The van der Waals surface area contributed by atoms with Crippen LogP contribution >= 0.6 is 0 Å². The lowest BCUT2D eigenvalue weighted by Gasteiger charge is -2.33. The summed E-state index contributed by atoms with van der Waals surface area (Å²) >= 11 is 0. The van der Waals surface area contributed by atoms with Crippen LogP contribution in [0, 0.1) is 0 Å². The van der Waals surface area contributed by atoms with Crippen molar-refractivity contribution in [1.82, 2.24) is 20.1 Å². The second-order valence-corrected chi connectivity index (χ2v) is 9.66. The second kappa shape index (κ2) is 11.1. The standard InChI is InChI=1S/C32H27N5O5/c1-40-23-13-11-21(12-14-23)20-28(32(31(33)39)41-18-19-42-32)35-30(38)26-10-5-16-34-29(26)37-17-15-27(36-37)25-9-4-7-22-6-2-3-8-24(22)25/h2-19,28H,20H2,1H3,(H2,33,39)(H,35,38). The number of hydrogen-bond donors (Lipinski definition) is 2. The molecular formula is C32H27N5O5. The van der Waals surface area contributed by atoms with Crippen LogP contribution in [0.2, 0.25) is 0 Å². The number of amides is 2. The lowest BCUT2D eigenvalue weighted by molar-refractivity contribution is -0.182. The molecule has 0 saturated carbocycles. The van der Waals surface area contributed by atoms with Crippen LogP contribution in [0.25, 0.3) is 27.8 Å². The summed E-state index contributed by atoms with van der Waals surface area (Å²) in [6, 6.07) is 25.5. The number of benzene rings is 3. The number of methoxy groups -OCH3 is 1. The molecular weight excluding hydrogens is 534 g/mol. The van der Waals surface area contributed by atoms with E-state index in [4.69, 9.17) is 25.0 Å². The summed E-state index contributed by atoms with van der Waals surface area (Å²) in [6.45, 7) is 0. The molecule has 1 unspecified atom stereocenters. The van der Waals surface area contributed by atoms with Crippen molar-refractivity contribution < 1.29 is 23.8 Å². The lowest BCUT2D eigenvalue weighted by atomic mass is 9.97. The lowest BCUT2D eigenvalue weighted by Crippen LogP contribution is -2.61. The summed E-state index contributed by atoms with van der Waals surface area (Å²) in [7, 11) is 1.57. The first-order chi connectivity index (χ1) is 20.5. The number of carbonyl (C=O) groups excluding carboxylic acids is 2. The van der Waals surface area contributed by atoms with Gasteiger partial charge >= 0.3 is 11.7 Å². The molecule has 0 bridgehead atoms. The van der Waals surface area contributed by atoms with Gasteiger partial charge in [-0.15, -0.1) is 0 Å². The monoisotopic (exact) mass is 561 g/mol. The van der Waals surface area contributed by atoms with Crippen molar-refractivity contribution in [3.63, 3.8) is 0 Å². The molecule has 1 aliphatic rings. The zero-order valence-electron chi connectivity index (χ0n) is 22.6. The number of ether oxygens (including phenoxy) is 3. The van der Waals surface area contributed by atoms with Crippen LogP contribution < -0.4 is 15.8 Å². The zero-order chi connectivity index (χ0) is 29.1. The quantitative estimate of drug-likeness (QED) is 0.277. The molecule has 210 valence electrons. The van der Waals surface area contributed by atoms with E-state index in [-0.39, 0.29) is 12.0 Å². The molecule has 0 saturated heterocycles.